The normalized spacial score (nSPS) is 18.7. The van der Waals surface area contributed by atoms with Gasteiger partial charge in [-0.3, -0.25) is 0 Å². The Morgan fingerprint density at radius 1 is 1.27 bits per heavy atom. The maximum atomic E-state index is 13.2. The van der Waals surface area contributed by atoms with Gasteiger partial charge in [-0.15, -0.1) is 12.4 Å². The van der Waals surface area contributed by atoms with Crippen molar-refractivity contribution in [3.05, 3.63) is 34.9 Å². The van der Waals surface area contributed by atoms with E-state index in [0.29, 0.717) is 37.9 Å². The van der Waals surface area contributed by atoms with Crippen molar-refractivity contribution in [3.63, 3.8) is 0 Å². The average molecular weight is 428 g/mol. The van der Waals surface area contributed by atoms with Crippen LogP contribution in [-0.2, 0) is 19.7 Å². The molecule has 7 nitrogen and oxygen atoms in total. The predicted octanol–water partition coefficient (Wildman–Crippen LogP) is 1.55. The van der Waals surface area contributed by atoms with E-state index in [9.17, 15) is 8.42 Å². The molecule has 1 fully saturated rings. The number of ether oxygens (including phenoxy) is 2. The van der Waals surface area contributed by atoms with Gasteiger partial charge in [-0.05, 0) is 17.7 Å². The third kappa shape index (κ3) is 6.03. The molecule has 1 saturated heterocycles. The van der Waals surface area contributed by atoms with Crippen LogP contribution in [0.5, 0.6) is 0 Å². The lowest BCUT2D eigenvalue weighted by molar-refractivity contribution is 0.143. The number of nitrogens with zero attached hydrogens (tertiary/aromatic N) is 2. The van der Waals surface area contributed by atoms with Crippen molar-refractivity contribution in [3.8, 4) is 0 Å². The Kier molecular flexibility index (Phi) is 10.3. The van der Waals surface area contributed by atoms with Crippen molar-refractivity contribution >= 4 is 34.2 Å². The van der Waals surface area contributed by atoms with Crippen LogP contribution in [-0.4, -0.2) is 77.2 Å². The maximum Gasteiger partial charge on any atom is 0.282 e. The molecule has 0 radical (unpaired) electrons. The molecule has 2 rings (SSSR count). The summed E-state index contributed by atoms with van der Waals surface area (Å²) < 4.78 is 39.6. The molecular formula is C16H27Cl2N3O4S. The molecule has 150 valence electrons. The van der Waals surface area contributed by atoms with E-state index in [1.54, 1.807) is 24.6 Å². The smallest absolute Gasteiger partial charge is 0.282 e. The summed E-state index contributed by atoms with van der Waals surface area (Å²) in [6.45, 7) is 2.78. The van der Waals surface area contributed by atoms with E-state index in [1.807, 2.05) is 18.2 Å². The van der Waals surface area contributed by atoms with Crippen molar-refractivity contribution < 1.29 is 17.9 Å². The molecular weight excluding hydrogens is 401 g/mol. The van der Waals surface area contributed by atoms with Gasteiger partial charge in [-0.2, -0.15) is 17.0 Å². The van der Waals surface area contributed by atoms with Gasteiger partial charge >= 0.3 is 0 Å². The third-order valence-corrected chi connectivity index (χ3v) is 6.42. The number of benzene rings is 1. The Balaban J connectivity index is 0.00000338. The highest BCUT2D eigenvalue weighted by Gasteiger charge is 2.37. The molecule has 0 aromatic heterocycles. The quantitative estimate of drug-likeness (QED) is 0.646. The van der Waals surface area contributed by atoms with Gasteiger partial charge in [0.1, 0.15) is 0 Å². The van der Waals surface area contributed by atoms with Crippen LogP contribution >= 0.6 is 24.0 Å². The SMILES string of the molecule is COCCN(CCOC)S(=O)(=O)N1CCNCC1c1cccc(Cl)c1.Cl. The Labute approximate surface area is 167 Å². The molecule has 0 bridgehead atoms. The van der Waals surface area contributed by atoms with Gasteiger partial charge in [0.2, 0.25) is 0 Å². The van der Waals surface area contributed by atoms with Crippen LogP contribution in [0.3, 0.4) is 0 Å². The molecule has 1 heterocycles. The molecule has 1 atom stereocenters. The fraction of sp³-hybridized carbons (Fsp3) is 0.625. The van der Waals surface area contributed by atoms with Crippen molar-refractivity contribution in [2.45, 2.75) is 6.04 Å². The summed E-state index contributed by atoms with van der Waals surface area (Å²) in [5.41, 5.74) is 0.877. The van der Waals surface area contributed by atoms with Crippen LogP contribution in [0.15, 0.2) is 24.3 Å². The van der Waals surface area contributed by atoms with E-state index in [1.165, 1.54) is 4.31 Å². The van der Waals surface area contributed by atoms with Crippen LogP contribution in [0.2, 0.25) is 5.02 Å². The van der Waals surface area contributed by atoms with Crippen LogP contribution in [0.4, 0.5) is 0 Å². The third-order valence-electron chi connectivity index (χ3n) is 4.14. The highest BCUT2D eigenvalue weighted by molar-refractivity contribution is 7.86. The number of hydrogen-bond acceptors (Lipinski definition) is 5. The van der Waals surface area contributed by atoms with E-state index in [2.05, 4.69) is 5.32 Å². The molecule has 1 unspecified atom stereocenters. The molecule has 0 saturated carbocycles. The van der Waals surface area contributed by atoms with Crippen molar-refractivity contribution in [1.29, 1.82) is 0 Å². The zero-order valence-corrected chi connectivity index (χ0v) is 17.4. The van der Waals surface area contributed by atoms with Crippen LogP contribution < -0.4 is 5.32 Å². The summed E-state index contributed by atoms with van der Waals surface area (Å²) in [6, 6.07) is 7.04. The predicted molar refractivity (Wildman–Crippen MR) is 105 cm³/mol. The number of rotatable bonds is 9. The lowest BCUT2D eigenvalue weighted by atomic mass is 10.1. The summed E-state index contributed by atoms with van der Waals surface area (Å²) in [4.78, 5) is 0. The molecule has 0 amide bonds. The van der Waals surface area contributed by atoms with Crippen LogP contribution in [0, 0.1) is 0 Å². The molecule has 1 aliphatic heterocycles. The topological polar surface area (TPSA) is 71.1 Å². The minimum absolute atomic E-state index is 0. The second kappa shape index (κ2) is 11.4. The minimum atomic E-state index is -3.66. The first-order valence-corrected chi connectivity index (χ1v) is 9.99. The molecule has 0 aliphatic carbocycles. The van der Waals surface area contributed by atoms with E-state index in [-0.39, 0.29) is 31.5 Å². The van der Waals surface area contributed by atoms with E-state index < -0.39 is 10.2 Å². The van der Waals surface area contributed by atoms with Crippen molar-refractivity contribution in [2.75, 3.05) is 60.2 Å². The number of hydrogen-bond donors (Lipinski definition) is 1. The second-order valence-electron chi connectivity index (χ2n) is 5.78. The molecule has 10 heteroatoms. The van der Waals surface area contributed by atoms with Gasteiger partial charge in [0.05, 0.1) is 19.3 Å². The summed E-state index contributed by atoms with van der Waals surface area (Å²) in [5, 5.41) is 3.86. The van der Waals surface area contributed by atoms with E-state index in [0.717, 1.165) is 5.56 Å². The Hall–Kier alpha value is -0.450. The van der Waals surface area contributed by atoms with Crippen LogP contribution in [0.25, 0.3) is 0 Å². The fourth-order valence-corrected chi connectivity index (χ4v) is 4.78. The van der Waals surface area contributed by atoms with Gasteiger partial charge in [-0.1, -0.05) is 23.7 Å². The second-order valence-corrected chi connectivity index (χ2v) is 8.10. The Morgan fingerprint density at radius 3 is 2.50 bits per heavy atom. The lowest BCUT2D eigenvalue weighted by Gasteiger charge is -2.38. The Morgan fingerprint density at radius 2 is 1.92 bits per heavy atom. The van der Waals surface area contributed by atoms with E-state index in [4.69, 9.17) is 21.1 Å². The first-order chi connectivity index (χ1) is 12.0. The largest absolute Gasteiger partial charge is 0.383 e. The first kappa shape index (κ1) is 23.6. The van der Waals surface area contributed by atoms with Crippen molar-refractivity contribution in [1.82, 2.24) is 13.9 Å². The zero-order chi connectivity index (χ0) is 18.3. The maximum absolute atomic E-state index is 13.2. The lowest BCUT2D eigenvalue weighted by Crippen LogP contribution is -2.54. The summed E-state index contributed by atoms with van der Waals surface area (Å²) in [5.74, 6) is 0. The summed E-state index contributed by atoms with van der Waals surface area (Å²) in [6.07, 6.45) is 0. The highest BCUT2D eigenvalue weighted by atomic mass is 35.5. The zero-order valence-electron chi connectivity index (χ0n) is 15.1. The van der Waals surface area contributed by atoms with Gasteiger partial charge in [-0.25, -0.2) is 0 Å². The molecule has 1 N–H and O–H groups in total. The standard InChI is InChI=1S/C16H26ClN3O4S.ClH/c1-23-10-8-19(9-11-24-2)25(21,22)20-7-6-18-13-16(20)14-4-3-5-15(17)12-14;/h3-5,12,16,18H,6-11,13H2,1-2H3;1H. The van der Waals surface area contributed by atoms with Gasteiger partial charge in [0.25, 0.3) is 10.2 Å². The minimum Gasteiger partial charge on any atom is -0.383 e. The van der Waals surface area contributed by atoms with Gasteiger partial charge in [0, 0.05) is 52.0 Å². The van der Waals surface area contributed by atoms with Gasteiger partial charge < -0.3 is 14.8 Å². The van der Waals surface area contributed by atoms with Gasteiger partial charge in [0.15, 0.2) is 0 Å². The fourth-order valence-electron chi connectivity index (χ4n) is 2.84. The highest BCUT2D eigenvalue weighted by Crippen LogP contribution is 2.28. The molecule has 1 aromatic rings. The number of nitrogens with one attached hydrogen (secondary N) is 1. The van der Waals surface area contributed by atoms with E-state index >= 15 is 0 Å². The summed E-state index contributed by atoms with van der Waals surface area (Å²) >= 11 is 6.09. The average Bonchev–Trinajstić information content (AvgIpc) is 2.61. The number of methoxy groups -OCH3 is 2. The number of halogens is 2. The first-order valence-electron chi connectivity index (χ1n) is 8.21. The number of piperazine rings is 1. The van der Waals surface area contributed by atoms with Crippen LogP contribution in [0.1, 0.15) is 11.6 Å². The monoisotopic (exact) mass is 427 g/mol. The molecule has 0 spiro atoms. The summed E-state index contributed by atoms with van der Waals surface area (Å²) in [7, 11) is -0.543. The molecule has 26 heavy (non-hydrogen) atoms. The molecule has 1 aliphatic rings. The van der Waals surface area contributed by atoms with Crippen molar-refractivity contribution in [2.24, 2.45) is 0 Å². The Bertz CT molecular complexity index is 640. The molecule has 1 aromatic carbocycles.